The molecule has 0 atom stereocenters. The summed E-state index contributed by atoms with van der Waals surface area (Å²) in [7, 11) is 0. The highest BCUT2D eigenvalue weighted by atomic mass is 15.2. The first-order valence-electron chi connectivity index (χ1n) is 6.93. The number of hydrogen-bond donors (Lipinski definition) is 1. The fourth-order valence-corrected chi connectivity index (χ4v) is 2.80. The summed E-state index contributed by atoms with van der Waals surface area (Å²) in [6, 6.07) is 11.5. The summed E-state index contributed by atoms with van der Waals surface area (Å²) in [6.45, 7) is 1.89. The molecule has 0 amide bonds. The molecule has 1 aromatic carbocycles. The van der Waals surface area contributed by atoms with Gasteiger partial charge >= 0.3 is 0 Å². The maximum Gasteiger partial charge on any atom is 0.0368 e. The van der Waals surface area contributed by atoms with Gasteiger partial charge in [0.05, 0.1) is 0 Å². The third kappa shape index (κ3) is 3.47. The molecule has 0 heterocycles. The summed E-state index contributed by atoms with van der Waals surface area (Å²) in [5, 5.41) is 0. The second kappa shape index (κ2) is 6.65. The van der Waals surface area contributed by atoms with Crippen LogP contribution in [0.1, 0.15) is 38.5 Å². The lowest BCUT2D eigenvalue weighted by atomic mass is 9.93. The van der Waals surface area contributed by atoms with Gasteiger partial charge in [0.25, 0.3) is 0 Å². The second-order valence-electron chi connectivity index (χ2n) is 4.96. The summed E-state index contributed by atoms with van der Waals surface area (Å²) in [4.78, 5) is 2.58. The van der Waals surface area contributed by atoms with Gasteiger partial charge in [0.1, 0.15) is 0 Å². The number of anilines is 1. The topological polar surface area (TPSA) is 29.3 Å². The van der Waals surface area contributed by atoms with E-state index in [4.69, 9.17) is 5.73 Å². The molecule has 0 saturated heterocycles. The molecule has 1 fully saturated rings. The lowest BCUT2D eigenvalue weighted by molar-refractivity contribution is 0.413. The molecule has 0 aromatic heterocycles. The first kappa shape index (κ1) is 12.4. The second-order valence-corrected chi connectivity index (χ2v) is 4.96. The minimum absolute atomic E-state index is 0.734. The lowest BCUT2D eigenvalue weighted by Crippen LogP contribution is -2.38. The Hall–Kier alpha value is -1.02. The number of hydrogen-bond acceptors (Lipinski definition) is 2. The van der Waals surface area contributed by atoms with Gasteiger partial charge in [0, 0.05) is 18.3 Å². The van der Waals surface area contributed by atoms with Crippen LogP contribution in [0, 0.1) is 0 Å². The summed E-state index contributed by atoms with van der Waals surface area (Å²) < 4.78 is 0. The monoisotopic (exact) mass is 232 g/mol. The highest BCUT2D eigenvalue weighted by molar-refractivity contribution is 5.47. The van der Waals surface area contributed by atoms with E-state index >= 15 is 0 Å². The van der Waals surface area contributed by atoms with Crippen LogP contribution in [0.5, 0.6) is 0 Å². The number of benzene rings is 1. The van der Waals surface area contributed by atoms with Crippen molar-refractivity contribution in [2.24, 2.45) is 5.73 Å². The molecule has 2 rings (SSSR count). The van der Waals surface area contributed by atoms with Gasteiger partial charge in [-0.1, -0.05) is 37.5 Å². The zero-order valence-electron chi connectivity index (χ0n) is 10.6. The normalized spacial score (nSPS) is 17.0. The fraction of sp³-hybridized carbons (Fsp3) is 0.600. The Kier molecular flexibility index (Phi) is 4.87. The predicted octanol–water partition coefficient (Wildman–Crippen LogP) is 3.17. The molecular formula is C15H24N2. The van der Waals surface area contributed by atoms with Crippen LogP contribution < -0.4 is 10.6 Å². The van der Waals surface area contributed by atoms with E-state index in [2.05, 4.69) is 35.2 Å². The highest BCUT2D eigenvalue weighted by Gasteiger charge is 2.20. The standard InChI is InChI=1S/C15H24N2/c16-12-7-13-17(14-8-3-1-4-9-14)15-10-5-2-6-11-15/h1,3-4,8-9,15H,2,5-7,10-13,16H2. The van der Waals surface area contributed by atoms with Crippen LogP contribution >= 0.6 is 0 Å². The average molecular weight is 232 g/mol. The molecule has 94 valence electrons. The van der Waals surface area contributed by atoms with Crippen molar-refractivity contribution in [1.29, 1.82) is 0 Å². The van der Waals surface area contributed by atoms with E-state index in [-0.39, 0.29) is 0 Å². The van der Waals surface area contributed by atoms with E-state index in [1.807, 2.05) is 0 Å². The molecule has 0 aliphatic heterocycles. The van der Waals surface area contributed by atoms with Crippen molar-refractivity contribution in [3.8, 4) is 0 Å². The first-order valence-corrected chi connectivity index (χ1v) is 6.93. The number of rotatable bonds is 5. The van der Waals surface area contributed by atoms with Gasteiger partial charge in [0.15, 0.2) is 0 Å². The number of nitrogens with zero attached hydrogens (tertiary/aromatic N) is 1. The molecule has 0 radical (unpaired) electrons. The third-order valence-corrected chi connectivity index (χ3v) is 3.71. The number of nitrogens with two attached hydrogens (primary N) is 1. The predicted molar refractivity (Wildman–Crippen MR) is 74.3 cm³/mol. The Morgan fingerprint density at radius 3 is 2.41 bits per heavy atom. The van der Waals surface area contributed by atoms with Crippen LogP contribution in [0.25, 0.3) is 0 Å². The molecule has 1 aliphatic rings. The van der Waals surface area contributed by atoms with Crippen LogP contribution in [0.4, 0.5) is 5.69 Å². The molecular weight excluding hydrogens is 208 g/mol. The zero-order chi connectivity index (χ0) is 11.9. The minimum Gasteiger partial charge on any atom is -0.369 e. The van der Waals surface area contributed by atoms with E-state index in [1.54, 1.807) is 0 Å². The average Bonchev–Trinajstić information content (AvgIpc) is 2.42. The van der Waals surface area contributed by atoms with E-state index in [0.717, 1.165) is 25.6 Å². The van der Waals surface area contributed by atoms with Gasteiger partial charge in [0.2, 0.25) is 0 Å². The van der Waals surface area contributed by atoms with Crippen molar-refractivity contribution in [3.05, 3.63) is 30.3 Å². The summed E-state index contributed by atoms with van der Waals surface area (Å²) in [5.41, 5.74) is 7.03. The Balaban J connectivity index is 2.06. The van der Waals surface area contributed by atoms with Crippen LogP contribution in [0.2, 0.25) is 0 Å². The van der Waals surface area contributed by atoms with Crippen molar-refractivity contribution in [3.63, 3.8) is 0 Å². The maximum atomic E-state index is 5.66. The van der Waals surface area contributed by atoms with Crippen LogP contribution in [-0.2, 0) is 0 Å². The summed E-state index contributed by atoms with van der Waals surface area (Å²) in [5.74, 6) is 0. The molecule has 0 bridgehead atoms. The third-order valence-electron chi connectivity index (χ3n) is 3.71. The van der Waals surface area contributed by atoms with Gasteiger partial charge in [-0.3, -0.25) is 0 Å². The largest absolute Gasteiger partial charge is 0.369 e. The van der Waals surface area contributed by atoms with Crippen LogP contribution in [-0.4, -0.2) is 19.1 Å². The Labute approximate surface area is 105 Å². The van der Waals surface area contributed by atoms with Gasteiger partial charge in [-0.2, -0.15) is 0 Å². The van der Waals surface area contributed by atoms with E-state index < -0.39 is 0 Å². The summed E-state index contributed by atoms with van der Waals surface area (Å²) in [6.07, 6.45) is 7.97. The summed E-state index contributed by atoms with van der Waals surface area (Å²) >= 11 is 0. The van der Waals surface area contributed by atoms with Crippen LogP contribution in [0.15, 0.2) is 30.3 Å². The molecule has 2 heteroatoms. The van der Waals surface area contributed by atoms with Crippen LogP contribution in [0.3, 0.4) is 0 Å². The fourth-order valence-electron chi connectivity index (χ4n) is 2.80. The Bertz CT molecular complexity index is 304. The maximum absolute atomic E-state index is 5.66. The number of para-hydroxylation sites is 1. The molecule has 2 N–H and O–H groups in total. The molecule has 1 saturated carbocycles. The van der Waals surface area contributed by atoms with Gasteiger partial charge in [-0.05, 0) is 37.9 Å². The van der Waals surface area contributed by atoms with E-state index in [9.17, 15) is 0 Å². The molecule has 17 heavy (non-hydrogen) atoms. The molecule has 0 spiro atoms. The highest BCUT2D eigenvalue weighted by Crippen LogP contribution is 2.27. The Morgan fingerprint density at radius 1 is 1.06 bits per heavy atom. The molecule has 0 unspecified atom stereocenters. The van der Waals surface area contributed by atoms with Crippen molar-refractivity contribution >= 4 is 5.69 Å². The van der Waals surface area contributed by atoms with Crippen molar-refractivity contribution in [2.75, 3.05) is 18.0 Å². The molecule has 2 nitrogen and oxygen atoms in total. The van der Waals surface area contributed by atoms with Gasteiger partial charge < -0.3 is 10.6 Å². The van der Waals surface area contributed by atoms with Crippen molar-refractivity contribution in [2.45, 2.75) is 44.6 Å². The quantitative estimate of drug-likeness (QED) is 0.845. The lowest BCUT2D eigenvalue weighted by Gasteiger charge is -2.36. The SMILES string of the molecule is NCCCN(c1ccccc1)C1CCCCC1. The molecule has 1 aromatic rings. The first-order chi connectivity index (χ1) is 8.42. The minimum atomic E-state index is 0.734. The smallest absolute Gasteiger partial charge is 0.0368 e. The van der Waals surface area contributed by atoms with E-state index in [0.29, 0.717) is 0 Å². The van der Waals surface area contributed by atoms with E-state index in [1.165, 1.54) is 37.8 Å². The van der Waals surface area contributed by atoms with Crippen molar-refractivity contribution in [1.82, 2.24) is 0 Å². The van der Waals surface area contributed by atoms with Crippen molar-refractivity contribution < 1.29 is 0 Å². The molecule has 1 aliphatic carbocycles. The van der Waals surface area contributed by atoms with Gasteiger partial charge in [-0.15, -0.1) is 0 Å². The Morgan fingerprint density at radius 2 is 1.76 bits per heavy atom. The zero-order valence-corrected chi connectivity index (χ0v) is 10.6. The van der Waals surface area contributed by atoms with Gasteiger partial charge in [-0.25, -0.2) is 0 Å².